The van der Waals surface area contributed by atoms with Crippen LogP contribution in [0.5, 0.6) is 0 Å². The average Bonchev–Trinajstić information content (AvgIpc) is 2.32. The molecule has 0 fully saturated rings. The molecule has 0 saturated heterocycles. The van der Waals surface area contributed by atoms with Gasteiger partial charge in [-0.25, -0.2) is 4.39 Å². The van der Waals surface area contributed by atoms with E-state index in [2.05, 4.69) is 9.83 Å². The van der Waals surface area contributed by atoms with Gasteiger partial charge in [-0.1, -0.05) is 11.6 Å². The van der Waals surface area contributed by atoms with Gasteiger partial charge in [-0.2, -0.15) is 22.0 Å². The zero-order valence-corrected chi connectivity index (χ0v) is 10.9. The van der Waals surface area contributed by atoms with Gasteiger partial charge in [0.25, 0.3) is 0 Å². The molecular weight excluding hydrogens is 350 g/mol. The third-order valence-corrected chi connectivity index (χ3v) is 2.32. The second-order valence-corrected chi connectivity index (χ2v) is 3.69. The number of aliphatic hydroxyl groups excluding tert-OH is 2. The van der Waals surface area contributed by atoms with E-state index in [1.807, 2.05) is 0 Å². The van der Waals surface area contributed by atoms with Gasteiger partial charge in [0.2, 0.25) is 5.82 Å². The molecule has 0 aliphatic carbocycles. The van der Waals surface area contributed by atoms with Crippen molar-refractivity contribution in [2.75, 3.05) is 0 Å². The van der Waals surface area contributed by atoms with Crippen LogP contribution in [0.3, 0.4) is 0 Å². The maximum absolute atomic E-state index is 13.5. The van der Waals surface area contributed by atoms with Crippen molar-refractivity contribution in [1.29, 1.82) is 0 Å². The van der Waals surface area contributed by atoms with Crippen LogP contribution in [0.2, 0.25) is 0 Å². The fourth-order valence-electron chi connectivity index (χ4n) is 1.35. The molecule has 0 bridgehead atoms. The Labute approximate surface area is 124 Å². The molecule has 1 heterocycles. The minimum Gasteiger partial charge on any atom is -0.388 e. The molecule has 0 radical (unpaired) electrons. The van der Waals surface area contributed by atoms with E-state index >= 15 is 0 Å². The normalized spacial score (nSPS) is 14.0. The minimum atomic E-state index is -5.12. The number of alkyl halides is 3. The van der Waals surface area contributed by atoms with Crippen molar-refractivity contribution in [1.82, 2.24) is 4.98 Å². The first-order valence-corrected chi connectivity index (χ1v) is 4.94. The third-order valence-electron chi connectivity index (χ3n) is 2.32. The van der Waals surface area contributed by atoms with Gasteiger partial charge in [0, 0.05) is 23.5 Å². The number of pyridine rings is 1. The Morgan fingerprint density at radius 3 is 2.10 bits per heavy atom. The quantitative estimate of drug-likeness (QED) is 0.379. The second-order valence-electron chi connectivity index (χ2n) is 3.69. The molecule has 2 unspecified atom stereocenters. The molecule has 4 nitrogen and oxygen atoms in total. The predicted molar refractivity (Wildman–Crippen MR) is 52.0 cm³/mol. The summed E-state index contributed by atoms with van der Waals surface area (Å²) < 4.78 is 75.9. The second kappa shape index (κ2) is 7.08. The summed E-state index contributed by atoms with van der Waals surface area (Å²) in [6.07, 6.45) is -12.2. The Hall–Kier alpha value is -1.34. The topological polar surface area (TPSA) is 57.7 Å². The first-order valence-electron chi connectivity index (χ1n) is 4.94. The van der Waals surface area contributed by atoms with Crippen LogP contribution in [0.25, 0.3) is 4.85 Å². The molecule has 1 rings (SSSR count). The summed E-state index contributed by atoms with van der Waals surface area (Å²) in [7, 11) is 0. The fourth-order valence-corrected chi connectivity index (χ4v) is 1.35. The fraction of sp³-hybridized carbons (Fsp3) is 0.400. The van der Waals surface area contributed by atoms with Crippen LogP contribution in [0.4, 0.5) is 32.2 Å². The minimum absolute atomic E-state index is 0. The molecule has 21 heavy (non-hydrogen) atoms. The molecule has 0 spiro atoms. The van der Waals surface area contributed by atoms with Crippen molar-refractivity contribution < 1.29 is 53.6 Å². The molecule has 2 N–H and O–H groups in total. The molecule has 2 atom stereocenters. The number of halogens is 6. The van der Waals surface area contributed by atoms with Crippen LogP contribution in [0, 0.1) is 24.2 Å². The van der Waals surface area contributed by atoms with Crippen LogP contribution < -0.4 is 0 Å². The molecule has 0 aromatic carbocycles. The van der Waals surface area contributed by atoms with Crippen molar-refractivity contribution in [3.8, 4) is 0 Å². The van der Waals surface area contributed by atoms with Crippen molar-refractivity contribution in [2.45, 2.75) is 24.8 Å². The largest absolute Gasteiger partial charge is 0.414 e. The van der Waals surface area contributed by atoms with E-state index in [1.54, 1.807) is 0 Å². The van der Waals surface area contributed by atoms with E-state index in [1.165, 1.54) is 0 Å². The molecule has 0 aliphatic rings. The zero-order valence-electron chi connectivity index (χ0n) is 9.77. The third kappa shape index (κ3) is 4.31. The van der Waals surface area contributed by atoms with Gasteiger partial charge in [0.1, 0.15) is 0 Å². The van der Waals surface area contributed by atoms with Gasteiger partial charge in [-0.15, -0.1) is 0 Å². The van der Waals surface area contributed by atoms with Gasteiger partial charge in [-0.05, 0) is 0 Å². The summed E-state index contributed by atoms with van der Waals surface area (Å²) in [5.41, 5.74) is -1.48. The Morgan fingerprint density at radius 1 is 1.14 bits per heavy atom. The van der Waals surface area contributed by atoms with Crippen LogP contribution in [0.15, 0.2) is 0 Å². The van der Waals surface area contributed by atoms with Crippen LogP contribution >= 0.6 is 0 Å². The standard InChI is InChI=1S/C10H6F6N2O2.Fe/c1-17-9-7(12)5(6(11)8(13)18-9)3(19)2-4(20)10(14,15)16;/h3-4,19-20H,2H2;. The Kier molecular flexibility index (Phi) is 6.63. The summed E-state index contributed by atoms with van der Waals surface area (Å²) in [5.74, 6) is -6.97. The van der Waals surface area contributed by atoms with Gasteiger partial charge in [-0.3, -0.25) is 0 Å². The monoisotopic (exact) mass is 356 g/mol. The average molecular weight is 356 g/mol. The molecule has 1 aromatic rings. The summed E-state index contributed by atoms with van der Waals surface area (Å²) in [6, 6.07) is 0. The molecule has 0 aliphatic heterocycles. The number of aliphatic hydroxyl groups is 2. The van der Waals surface area contributed by atoms with E-state index in [4.69, 9.17) is 11.7 Å². The summed E-state index contributed by atoms with van der Waals surface area (Å²) in [5, 5.41) is 18.0. The Morgan fingerprint density at radius 2 is 1.67 bits per heavy atom. The van der Waals surface area contributed by atoms with E-state index in [0.29, 0.717) is 0 Å². The summed E-state index contributed by atoms with van der Waals surface area (Å²) >= 11 is 0. The summed E-state index contributed by atoms with van der Waals surface area (Å²) in [4.78, 5) is 5.00. The molecular formula is C10H6F6FeN2O2. The Bertz CT molecular complexity index is 560. The van der Waals surface area contributed by atoms with Crippen molar-refractivity contribution in [3.05, 3.63) is 34.6 Å². The van der Waals surface area contributed by atoms with Gasteiger partial charge in [0.15, 0.2) is 11.9 Å². The van der Waals surface area contributed by atoms with Gasteiger partial charge >= 0.3 is 17.9 Å². The van der Waals surface area contributed by atoms with Crippen LogP contribution in [0.1, 0.15) is 18.1 Å². The molecule has 1 aromatic heterocycles. The SMILES string of the molecule is [C-]#[N+]c1nc(F)c(F)c(C(O)CC(O)C(F)(F)F)c1F.[Fe]. The maximum atomic E-state index is 13.5. The number of rotatable bonds is 3. The number of nitrogens with zero attached hydrogens (tertiary/aromatic N) is 2. The molecule has 11 heteroatoms. The van der Waals surface area contributed by atoms with Crippen LogP contribution in [-0.2, 0) is 17.1 Å². The van der Waals surface area contributed by atoms with E-state index in [9.17, 15) is 31.4 Å². The summed E-state index contributed by atoms with van der Waals surface area (Å²) in [6.45, 7) is 6.45. The van der Waals surface area contributed by atoms with E-state index in [0.717, 1.165) is 0 Å². The van der Waals surface area contributed by atoms with Crippen molar-refractivity contribution >= 4 is 5.82 Å². The number of hydrogen-bond acceptors (Lipinski definition) is 3. The van der Waals surface area contributed by atoms with Crippen molar-refractivity contribution in [3.63, 3.8) is 0 Å². The van der Waals surface area contributed by atoms with Gasteiger partial charge < -0.3 is 15.1 Å². The molecule has 0 saturated carbocycles. The Balaban J connectivity index is 0.00000400. The number of aromatic nitrogens is 1. The zero-order chi connectivity index (χ0) is 15.7. The first-order chi connectivity index (χ1) is 9.09. The first kappa shape index (κ1) is 19.7. The smallest absolute Gasteiger partial charge is 0.388 e. The molecule has 0 amide bonds. The van der Waals surface area contributed by atoms with E-state index in [-0.39, 0.29) is 17.1 Å². The predicted octanol–water partition coefficient (Wildman–Crippen LogP) is 2.39. The maximum Gasteiger partial charge on any atom is 0.414 e. The van der Waals surface area contributed by atoms with Crippen LogP contribution in [-0.4, -0.2) is 27.5 Å². The van der Waals surface area contributed by atoms with Crippen molar-refractivity contribution in [2.24, 2.45) is 0 Å². The van der Waals surface area contributed by atoms with E-state index < -0.39 is 53.8 Å². The van der Waals surface area contributed by atoms with Gasteiger partial charge in [0.05, 0.1) is 11.7 Å². The molecule has 118 valence electrons. The number of hydrogen-bond donors (Lipinski definition) is 2.